The molecule has 1 amide bonds. The minimum atomic E-state index is -3.39. The average Bonchev–Trinajstić information content (AvgIpc) is 2.58. The third kappa shape index (κ3) is 4.87. The number of rotatable bonds is 6. The summed E-state index contributed by atoms with van der Waals surface area (Å²) >= 11 is 6.14. The lowest BCUT2D eigenvalue weighted by molar-refractivity contribution is 0.0951. The van der Waals surface area contributed by atoms with Crippen LogP contribution in [0, 0.1) is 0 Å². The number of carbonyl (C=O) groups excluding carboxylic acids is 1. The molecule has 0 aliphatic heterocycles. The van der Waals surface area contributed by atoms with Gasteiger partial charge in [-0.1, -0.05) is 23.7 Å². The van der Waals surface area contributed by atoms with Crippen molar-refractivity contribution in [3.8, 4) is 5.75 Å². The lowest BCUT2D eigenvalue weighted by atomic mass is 10.1. The Morgan fingerprint density at radius 1 is 1.20 bits per heavy atom. The zero-order chi connectivity index (χ0) is 18.6. The van der Waals surface area contributed by atoms with Gasteiger partial charge < -0.3 is 10.1 Å². The Balaban J connectivity index is 2.08. The summed E-state index contributed by atoms with van der Waals surface area (Å²) < 4.78 is 29.3. The van der Waals surface area contributed by atoms with Gasteiger partial charge in [0.25, 0.3) is 5.91 Å². The number of amides is 1. The van der Waals surface area contributed by atoms with Crippen LogP contribution in [0.1, 0.15) is 15.9 Å². The number of carbonyl (C=O) groups is 1. The Labute approximate surface area is 152 Å². The molecule has 6 nitrogen and oxygen atoms in total. The molecule has 0 fully saturated rings. The maximum absolute atomic E-state index is 12.3. The van der Waals surface area contributed by atoms with Crippen LogP contribution in [-0.2, 0) is 16.6 Å². The van der Waals surface area contributed by atoms with Crippen molar-refractivity contribution in [2.24, 2.45) is 0 Å². The second-order valence-corrected chi connectivity index (χ2v) is 7.85. The maximum Gasteiger partial charge on any atom is 0.253 e. The molecular formula is C17H19ClN2O4S. The average molecular weight is 383 g/mol. The topological polar surface area (TPSA) is 75.7 Å². The fraction of sp³-hybridized carbons (Fsp3) is 0.235. The van der Waals surface area contributed by atoms with Crippen LogP contribution in [0.3, 0.4) is 0 Å². The predicted octanol–water partition coefficient (Wildman–Crippen LogP) is 2.67. The molecule has 0 radical (unpaired) electrons. The minimum Gasteiger partial charge on any atom is -0.497 e. The van der Waals surface area contributed by atoms with Gasteiger partial charge in [-0.25, -0.2) is 8.42 Å². The fourth-order valence-electron chi connectivity index (χ4n) is 2.10. The standard InChI is InChI=1S/C17H19ClN2O4S/c1-20(25(3,22)23)13-6-9-15(16(18)10-13)17(21)19-11-12-4-7-14(24-2)8-5-12/h4-10H,11H2,1-3H3,(H,19,21). The van der Waals surface area contributed by atoms with Crippen molar-refractivity contribution in [2.45, 2.75) is 6.54 Å². The first-order valence-corrected chi connectivity index (χ1v) is 9.59. The van der Waals surface area contributed by atoms with Crippen LogP contribution in [0.25, 0.3) is 0 Å². The highest BCUT2D eigenvalue weighted by Gasteiger charge is 2.16. The van der Waals surface area contributed by atoms with Crippen LogP contribution in [0.4, 0.5) is 5.69 Å². The Morgan fingerprint density at radius 2 is 1.84 bits per heavy atom. The van der Waals surface area contributed by atoms with Gasteiger partial charge in [-0.2, -0.15) is 0 Å². The lowest BCUT2D eigenvalue weighted by Crippen LogP contribution is -2.26. The van der Waals surface area contributed by atoms with Gasteiger partial charge in [0.15, 0.2) is 0 Å². The zero-order valence-corrected chi connectivity index (χ0v) is 15.7. The van der Waals surface area contributed by atoms with Crippen molar-refractivity contribution in [1.29, 1.82) is 0 Å². The first-order valence-electron chi connectivity index (χ1n) is 7.37. The Bertz CT molecular complexity index is 867. The van der Waals surface area contributed by atoms with Crippen LogP contribution in [-0.4, -0.2) is 34.7 Å². The molecule has 0 aliphatic rings. The molecule has 8 heteroatoms. The number of anilines is 1. The molecule has 0 atom stereocenters. The van der Waals surface area contributed by atoms with Gasteiger partial charge in [-0.05, 0) is 35.9 Å². The molecule has 0 saturated carbocycles. The quantitative estimate of drug-likeness (QED) is 0.833. The second kappa shape index (κ2) is 7.76. The molecule has 0 heterocycles. The number of hydrogen-bond donors (Lipinski definition) is 1. The summed E-state index contributed by atoms with van der Waals surface area (Å²) in [4.78, 5) is 12.3. The number of hydrogen-bond acceptors (Lipinski definition) is 4. The van der Waals surface area contributed by atoms with Gasteiger partial charge >= 0.3 is 0 Å². The van der Waals surface area contributed by atoms with E-state index in [1.54, 1.807) is 7.11 Å². The molecule has 0 bridgehead atoms. The van der Waals surface area contributed by atoms with Crippen molar-refractivity contribution < 1.29 is 17.9 Å². The predicted molar refractivity (Wildman–Crippen MR) is 98.9 cm³/mol. The number of nitrogens with one attached hydrogen (secondary N) is 1. The number of sulfonamides is 1. The molecule has 0 aliphatic carbocycles. The van der Waals surface area contributed by atoms with E-state index < -0.39 is 10.0 Å². The van der Waals surface area contributed by atoms with E-state index in [-0.39, 0.29) is 16.5 Å². The van der Waals surface area contributed by atoms with Gasteiger partial charge in [-0.15, -0.1) is 0 Å². The van der Waals surface area contributed by atoms with E-state index in [9.17, 15) is 13.2 Å². The van der Waals surface area contributed by atoms with E-state index in [0.29, 0.717) is 12.2 Å². The highest BCUT2D eigenvalue weighted by molar-refractivity contribution is 7.92. The lowest BCUT2D eigenvalue weighted by Gasteiger charge is -2.17. The van der Waals surface area contributed by atoms with Gasteiger partial charge in [0.1, 0.15) is 5.75 Å². The summed E-state index contributed by atoms with van der Waals surface area (Å²) in [5.74, 6) is 0.401. The summed E-state index contributed by atoms with van der Waals surface area (Å²) in [6.45, 7) is 0.337. The molecule has 1 N–H and O–H groups in total. The number of benzene rings is 2. The SMILES string of the molecule is COc1ccc(CNC(=O)c2ccc(N(C)S(C)(=O)=O)cc2Cl)cc1. The molecule has 134 valence electrons. The van der Waals surface area contributed by atoms with E-state index in [2.05, 4.69) is 5.32 Å². The van der Waals surface area contributed by atoms with Crippen LogP contribution in [0.5, 0.6) is 5.75 Å². The Kier molecular flexibility index (Phi) is 5.92. The summed E-state index contributed by atoms with van der Waals surface area (Å²) in [6.07, 6.45) is 1.09. The minimum absolute atomic E-state index is 0.181. The van der Waals surface area contributed by atoms with Crippen molar-refractivity contribution in [2.75, 3.05) is 24.7 Å². The third-order valence-electron chi connectivity index (χ3n) is 3.67. The molecule has 0 unspecified atom stereocenters. The van der Waals surface area contributed by atoms with Crippen molar-refractivity contribution in [1.82, 2.24) is 5.32 Å². The van der Waals surface area contributed by atoms with E-state index in [0.717, 1.165) is 21.9 Å². The molecule has 0 saturated heterocycles. The normalized spacial score (nSPS) is 11.0. The van der Waals surface area contributed by atoms with E-state index >= 15 is 0 Å². The smallest absolute Gasteiger partial charge is 0.253 e. The van der Waals surface area contributed by atoms with Crippen molar-refractivity contribution >= 4 is 33.2 Å². The van der Waals surface area contributed by atoms with E-state index in [1.165, 1.54) is 25.2 Å². The summed E-state index contributed by atoms with van der Waals surface area (Å²) in [7, 11) is -0.386. The van der Waals surface area contributed by atoms with Crippen molar-refractivity contribution in [3.63, 3.8) is 0 Å². The summed E-state index contributed by atoms with van der Waals surface area (Å²) in [6, 6.07) is 11.8. The Hall–Kier alpha value is -2.25. The van der Waals surface area contributed by atoms with Crippen LogP contribution in [0.2, 0.25) is 5.02 Å². The van der Waals surface area contributed by atoms with Gasteiger partial charge in [-0.3, -0.25) is 9.10 Å². The third-order valence-corrected chi connectivity index (χ3v) is 5.19. The first-order chi connectivity index (χ1) is 11.7. The second-order valence-electron chi connectivity index (χ2n) is 5.43. The van der Waals surface area contributed by atoms with Crippen LogP contribution < -0.4 is 14.4 Å². The van der Waals surface area contributed by atoms with Gasteiger partial charge in [0, 0.05) is 13.6 Å². The molecule has 0 aromatic heterocycles. The number of ether oxygens (including phenoxy) is 1. The number of methoxy groups -OCH3 is 1. The molecule has 2 aromatic carbocycles. The van der Waals surface area contributed by atoms with Gasteiger partial charge in [0.2, 0.25) is 10.0 Å². The van der Waals surface area contributed by atoms with Crippen LogP contribution in [0.15, 0.2) is 42.5 Å². The number of halogens is 1. The van der Waals surface area contributed by atoms with E-state index in [1.807, 2.05) is 24.3 Å². The maximum atomic E-state index is 12.3. The van der Waals surface area contributed by atoms with Gasteiger partial charge in [0.05, 0.1) is 29.6 Å². The summed E-state index contributed by atoms with van der Waals surface area (Å²) in [5, 5.41) is 2.96. The Morgan fingerprint density at radius 3 is 2.36 bits per heavy atom. The highest BCUT2D eigenvalue weighted by Crippen LogP contribution is 2.24. The first kappa shape index (κ1) is 19.1. The van der Waals surface area contributed by atoms with Crippen LogP contribution >= 0.6 is 11.6 Å². The largest absolute Gasteiger partial charge is 0.497 e. The summed E-state index contributed by atoms with van der Waals surface area (Å²) in [5.41, 5.74) is 1.58. The molecule has 0 spiro atoms. The zero-order valence-electron chi connectivity index (χ0n) is 14.1. The number of nitrogens with zero attached hydrogens (tertiary/aromatic N) is 1. The molecule has 25 heavy (non-hydrogen) atoms. The molecule has 2 aromatic rings. The molecular weight excluding hydrogens is 364 g/mol. The van der Waals surface area contributed by atoms with Crippen molar-refractivity contribution in [3.05, 3.63) is 58.6 Å². The monoisotopic (exact) mass is 382 g/mol. The molecule has 2 rings (SSSR count). The fourth-order valence-corrected chi connectivity index (χ4v) is 2.85. The van der Waals surface area contributed by atoms with E-state index in [4.69, 9.17) is 16.3 Å². The highest BCUT2D eigenvalue weighted by atomic mass is 35.5.